The van der Waals surface area contributed by atoms with Crippen LogP contribution in [-0.4, -0.2) is 15.8 Å². The topological polar surface area (TPSA) is 44.1 Å². The number of benzene rings is 2. The van der Waals surface area contributed by atoms with E-state index >= 15 is 0 Å². The maximum Gasteiger partial charge on any atom is 0.194 e. The van der Waals surface area contributed by atoms with Gasteiger partial charge < -0.3 is 4.74 Å². The van der Waals surface area contributed by atoms with Gasteiger partial charge >= 0.3 is 0 Å². The van der Waals surface area contributed by atoms with E-state index in [-0.39, 0.29) is 5.75 Å². The smallest absolute Gasteiger partial charge is 0.194 e. The Hall–Kier alpha value is -3.25. The van der Waals surface area contributed by atoms with Gasteiger partial charge in [-0.3, -0.25) is 9.36 Å². The highest BCUT2D eigenvalue weighted by molar-refractivity contribution is 7.12. The molecule has 0 aliphatic carbocycles. The minimum Gasteiger partial charge on any atom is -0.486 e. The third kappa shape index (κ3) is 3.66. The normalized spacial score (nSPS) is 10.7. The first kappa shape index (κ1) is 17.2. The molecule has 134 valence electrons. The van der Waals surface area contributed by atoms with Crippen LogP contribution in [0.5, 0.6) is 5.75 Å². The summed E-state index contributed by atoms with van der Waals surface area (Å²) in [5.74, 6) is -0.237. The monoisotopic (exact) mass is 378 g/mol. The molecule has 0 amide bonds. The molecule has 0 atom stereocenters. The molecule has 2 heterocycles. The summed E-state index contributed by atoms with van der Waals surface area (Å²) < 4.78 is 21.7. The van der Waals surface area contributed by atoms with Crippen molar-refractivity contribution >= 4 is 17.6 Å². The molecule has 0 fully saturated rings. The standard InChI is InChI=1S/C21H15FN2O2S/c22-18-11-16(8-9-20(18)26-13-15-5-2-1-3-6-15)19-14-27-21(23-19)24-10-4-7-17(24)12-25/h1-12,14H,13H2. The van der Waals surface area contributed by atoms with Gasteiger partial charge in [-0.25, -0.2) is 9.37 Å². The SMILES string of the molecule is O=Cc1cccn1-c1nc(-c2ccc(OCc3ccccc3)c(F)c2)cs1. The summed E-state index contributed by atoms with van der Waals surface area (Å²) in [6, 6.07) is 17.9. The number of aromatic nitrogens is 2. The van der Waals surface area contributed by atoms with Crippen LogP contribution < -0.4 is 4.74 Å². The Labute approximate surface area is 159 Å². The predicted molar refractivity (Wildman–Crippen MR) is 103 cm³/mol. The molecule has 0 unspecified atom stereocenters. The second-order valence-corrected chi connectivity index (χ2v) is 6.69. The summed E-state index contributed by atoms with van der Waals surface area (Å²) in [5.41, 5.74) is 2.80. The van der Waals surface area contributed by atoms with Gasteiger partial charge in [-0.05, 0) is 35.9 Å². The molecule has 27 heavy (non-hydrogen) atoms. The maximum absolute atomic E-state index is 14.4. The van der Waals surface area contributed by atoms with E-state index in [9.17, 15) is 9.18 Å². The molecule has 2 aromatic carbocycles. The fourth-order valence-corrected chi connectivity index (χ4v) is 3.52. The lowest BCUT2D eigenvalue weighted by Crippen LogP contribution is -1.98. The van der Waals surface area contributed by atoms with Crippen molar-refractivity contribution in [1.82, 2.24) is 9.55 Å². The number of thiazole rings is 1. The van der Waals surface area contributed by atoms with Gasteiger partial charge in [0.25, 0.3) is 0 Å². The van der Waals surface area contributed by atoms with Crippen molar-refractivity contribution in [3.8, 4) is 22.1 Å². The minimum atomic E-state index is -0.437. The van der Waals surface area contributed by atoms with E-state index in [1.807, 2.05) is 35.7 Å². The molecule has 0 radical (unpaired) electrons. The number of ether oxygens (including phenoxy) is 1. The Balaban J connectivity index is 1.53. The summed E-state index contributed by atoms with van der Waals surface area (Å²) >= 11 is 1.39. The van der Waals surface area contributed by atoms with Crippen LogP contribution in [0.25, 0.3) is 16.4 Å². The highest BCUT2D eigenvalue weighted by Gasteiger charge is 2.11. The molecule has 4 nitrogen and oxygen atoms in total. The van der Waals surface area contributed by atoms with E-state index in [1.165, 1.54) is 17.4 Å². The van der Waals surface area contributed by atoms with Crippen molar-refractivity contribution in [2.45, 2.75) is 6.61 Å². The summed E-state index contributed by atoms with van der Waals surface area (Å²) in [6.07, 6.45) is 2.55. The minimum absolute atomic E-state index is 0.201. The molecule has 2 aromatic heterocycles. The summed E-state index contributed by atoms with van der Waals surface area (Å²) in [6.45, 7) is 0.306. The second-order valence-electron chi connectivity index (χ2n) is 5.86. The van der Waals surface area contributed by atoms with Gasteiger partial charge in [0.2, 0.25) is 0 Å². The summed E-state index contributed by atoms with van der Waals surface area (Å²) in [4.78, 5) is 15.6. The number of hydrogen-bond donors (Lipinski definition) is 0. The highest BCUT2D eigenvalue weighted by Crippen LogP contribution is 2.28. The molecular formula is C21H15FN2O2S. The number of carbonyl (C=O) groups excluding carboxylic acids is 1. The molecule has 4 aromatic rings. The predicted octanol–water partition coefficient (Wildman–Crippen LogP) is 5.13. The highest BCUT2D eigenvalue weighted by atomic mass is 32.1. The molecule has 6 heteroatoms. The number of hydrogen-bond acceptors (Lipinski definition) is 4. The fourth-order valence-electron chi connectivity index (χ4n) is 2.68. The van der Waals surface area contributed by atoms with E-state index < -0.39 is 5.82 Å². The van der Waals surface area contributed by atoms with Crippen molar-refractivity contribution in [2.75, 3.05) is 0 Å². The van der Waals surface area contributed by atoms with Gasteiger partial charge in [-0.1, -0.05) is 30.3 Å². The van der Waals surface area contributed by atoms with Gasteiger partial charge in [0, 0.05) is 17.1 Å². The average molecular weight is 378 g/mol. The molecule has 0 N–H and O–H groups in total. The summed E-state index contributed by atoms with van der Waals surface area (Å²) in [5, 5.41) is 2.49. The molecule has 0 spiro atoms. The van der Waals surface area contributed by atoms with Crippen molar-refractivity contribution in [2.24, 2.45) is 0 Å². The van der Waals surface area contributed by atoms with Crippen LogP contribution >= 0.6 is 11.3 Å². The fraction of sp³-hybridized carbons (Fsp3) is 0.0476. The number of rotatable bonds is 6. The number of halogens is 1. The van der Waals surface area contributed by atoms with E-state index in [2.05, 4.69) is 4.98 Å². The quantitative estimate of drug-likeness (QED) is 0.437. The lowest BCUT2D eigenvalue weighted by atomic mass is 10.1. The average Bonchev–Trinajstić information content (AvgIpc) is 3.36. The van der Waals surface area contributed by atoms with E-state index in [0.29, 0.717) is 28.7 Å². The molecule has 0 aliphatic heterocycles. The molecule has 0 bridgehead atoms. The first-order valence-corrected chi connectivity index (χ1v) is 9.17. The third-order valence-electron chi connectivity index (χ3n) is 4.06. The Morgan fingerprint density at radius 1 is 1.11 bits per heavy atom. The Morgan fingerprint density at radius 3 is 2.74 bits per heavy atom. The first-order valence-electron chi connectivity index (χ1n) is 8.29. The maximum atomic E-state index is 14.4. The van der Waals surface area contributed by atoms with E-state index in [0.717, 1.165) is 11.8 Å². The van der Waals surface area contributed by atoms with Crippen LogP contribution in [0.15, 0.2) is 72.2 Å². The van der Waals surface area contributed by atoms with Gasteiger partial charge in [0.15, 0.2) is 23.0 Å². The van der Waals surface area contributed by atoms with Crippen molar-refractivity contribution in [1.29, 1.82) is 0 Å². The Morgan fingerprint density at radius 2 is 1.96 bits per heavy atom. The Bertz CT molecular complexity index is 1070. The van der Waals surface area contributed by atoms with Crippen LogP contribution in [0.2, 0.25) is 0 Å². The summed E-state index contributed by atoms with van der Waals surface area (Å²) in [7, 11) is 0. The molecule has 0 saturated carbocycles. The number of carbonyl (C=O) groups is 1. The van der Waals surface area contributed by atoms with E-state index in [1.54, 1.807) is 35.0 Å². The Kier molecular flexibility index (Phi) is 4.80. The zero-order valence-electron chi connectivity index (χ0n) is 14.2. The molecule has 0 aliphatic rings. The van der Waals surface area contributed by atoms with Crippen LogP contribution in [0, 0.1) is 5.82 Å². The van der Waals surface area contributed by atoms with Crippen molar-refractivity contribution < 1.29 is 13.9 Å². The third-order valence-corrected chi connectivity index (χ3v) is 4.90. The van der Waals surface area contributed by atoms with Gasteiger partial charge in [-0.2, -0.15) is 0 Å². The largest absolute Gasteiger partial charge is 0.486 e. The second kappa shape index (κ2) is 7.55. The lowest BCUT2D eigenvalue weighted by Gasteiger charge is -2.08. The number of aldehydes is 1. The lowest BCUT2D eigenvalue weighted by molar-refractivity contribution is 0.111. The van der Waals surface area contributed by atoms with Crippen LogP contribution in [0.1, 0.15) is 16.1 Å². The van der Waals surface area contributed by atoms with Crippen molar-refractivity contribution in [3.05, 3.63) is 89.3 Å². The zero-order chi connectivity index (χ0) is 18.6. The molecule has 0 saturated heterocycles. The number of nitrogens with zero attached hydrogens (tertiary/aromatic N) is 2. The van der Waals surface area contributed by atoms with Gasteiger partial charge in [0.1, 0.15) is 6.61 Å². The van der Waals surface area contributed by atoms with Gasteiger partial charge in [-0.15, -0.1) is 11.3 Å². The van der Waals surface area contributed by atoms with Crippen molar-refractivity contribution in [3.63, 3.8) is 0 Å². The molecule has 4 rings (SSSR count). The van der Waals surface area contributed by atoms with E-state index in [4.69, 9.17) is 4.74 Å². The van der Waals surface area contributed by atoms with Crippen LogP contribution in [0.3, 0.4) is 0 Å². The zero-order valence-corrected chi connectivity index (χ0v) is 15.0. The van der Waals surface area contributed by atoms with Crippen LogP contribution in [-0.2, 0) is 6.61 Å². The molecular weight excluding hydrogens is 363 g/mol. The van der Waals surface area contributed by atoms with Gasteiger partial charge in [0.05, 0.1) is 11.4 Å². The van der Waals surface area contributed by atoms with Crippen LogP contribution in [0.4, 0.5) is 4.39 Å². The first-order chi connectivity index (χ1) is 13.2.